The predicted octanol–water partition coefficient (Wildman–Crippen LogP) is 2.38. The van der Waals surface area contributed by atoms with E-state index in [-0.39, 0.29) is 41.8 Å². The summed E-state index contributed by atoms with van der Waals surface area (Å²) >= 11 is 0. The number of imide groups is 1. The normalized spacial score (nSPS) is 26.4. The number of aliphatic imine (C=N–C) groups is 1. The van der Waals surface area contributed by atoms with Gasteiger partial charge in [0.05, 0.1) is 0 Å². The van der Waals surface area contributed by atoms with Crippen molar-refractivity contribution >= 4 is 41.9 Å². The Hall–Kier alpha value is -1.32. The molecule has 0 aromatic carbocycles. The van der Waals surface area contributed by atoms with Gasteiger partial charge in [0.2, 0.25) is 0 Å². The molecule has 3 N–H and O–H groups in total. The van der Waals surface area contributed by atoms with E-state index in [0.717, 1.165) is 51.4 Å². The molecule has 3 aliphatic rings. The van der Waals surface area contributed by atoms with Crippen LogP contribution in [0.1, 0.15) is 52.4 Å². The van der Waals surface area contributed by atoms with E-state index in [0.29, 0.717) is 0 Å². The van der Waals surface area contributed by atoms with Crippen LogP contribution < -0.4 is 16.0 Å². The third-order valence-electron chi connectivity index (χ3n) is 5.85. The van der Waals surface area contributed by atoms with Crippen molar-refractivity contribution in [2.24, 2.45) is 10.9 Å². The lowest BCUT2D eigenvalue weighted by Gasteiger charge is -2.39. The molecule has 1 aliphatic carbocycles. The molecule has 2 aliphatic heterocycles. The highest BCUT2D eigenvalue weighted by atomic mass is 127. The summed E-state index contributed by atoms with van der Waals surface area (Å²) in [7, 11) is 0. The number of carbonyl (C=O) groups is 2. The molecule has 0 bridgehead atoms. The maximum Gasteiger partial charge on any atom is 0.322 e. The van der Waals surface area contributed by atoms with Crippen molar-refractivity contribution in [2.45, 2.75) is 57.9 Å². The minimum atomic E-state index is -0.784. The Morgan fingerprint density at radius 2 is 2.11 bits per heavy atom. The number of urea groups is 1. The van der Waals surface area contributed by atoms with Crippen molar-refractivity contribution in [1.82, 2.24) is 20.9 Å². The van der Waals surface area contributed by atoms with E-state index in [9.17, 15) is 9.59 Å². The molecule has 1 unspecified atom stereocenters. The summed E-state index contributed by atoms with van der Waals surface area (Å²) in [5.41, 5.74) is 0.757. The van der Waals surface area contributed by atoms with Crippen molar-refractivity contribution in [1.29, 1.82) is 0 Å². The van der Waals surface area contributed by atoms with Gasteiger partial charge >= 0.3 is 6.03 Å². The van der Waals surface area contributed by atoms with Crippen LogP contribution in [0.2, 0.25) is 0 Å². The molecule has 1 atom stereocenters. The number of likely N-dealkylation sites (tertiary alicyclic amines) is 1. The Kier molecular flexibility index (Phi) is 7.93. The van der Waals surface area contributed by atoms with Crippen LogP contribution in [0.25, 0.3) is 0 Å². The zero-order chi connectivity index (χ0) is 18.6. The van der Waals surface area contributed by atoms with Crippen LogP contribution in [0.3, 0.4) is 0 Å². The van der Waals surface area contributed by atoms with Gasteiger partial charge in [-0.25, -0.2) is 4.79 Å². The van der Waals surface area contributed by atoms with Crippen molar-refractivity contribution in [3.63, 3.8) is 0 Å². The summed E-state index contributed by atoms with van der Waals surface area (Å²) < 4.78 is 0. The number of halogens is 1. The summed E-state index contributed by atoms with van der Waals surface area (Å²) in [4.78, 5) is 30.7. The highest BCUT2D eigenvalue weighted by molar-refractivity contribution is 14.0. The van der Waals surface area contributed by atoms with Crippen LogP contribution in [0.15, 0.2) is 16.6 Å². The van der Waals surface area contributed by atoms with Crippen LogP contribution in [0, 0.1) is 5.92 Å². The molecule has 2 heterocycles. The maximum atomic E-state index is 12.1. The molecular formula is C19H32IN5O2. The van der Waals surface area contributed by atoms with Gasteiger partial charge in [-0.15, -0.1) is 24.0 Å². The van der Waals surface area contributed by atoms with Crippen LogP contribution in [-0.4, -0.2) is 54.5 Å². The average molecular weight is 489 g/mol. The molecule has 2 fully saturated rings. The van der Waals surface area contributed by atoms with E-state index < -0.39 is 5.54 Å². The lowest BCUT2D eigenvalue weighted by Crippen LogP contribution is -2.55. The van der Waals surface area contributed by atoms with Crippen LogP contribution in [0.5, 0.6) is 0 Å². The Labute approximate surface area is 178 Å². The van der Waals surface area contributed by atoms with Gasteiger partial charge in [-0.05, 0) is 58.3 Å². The number of amides is 3. The monoisotopic (exact) mass is 489 g/mol. The van der Waals surface area contributed by atoms with Gasteiger partial charge in [0.1, 0.15) is 5.54 Å². The van der Waals surface area contributed by atoms with Gasteiger partial charge in [0.25, 0.3) is 5.91 Å². The minimum Gasteiger partial charge on any atom is -0.357 e. The Bertz CT molecular complexity index is 613. The van der Waals surface area contributed by atoms with Gasteiger partial charge in [-0.1, -0.05) is 11.6 Å². The number of guanidine groups is 1. The fraction of sp³-hybridized carbons (Fsp3) is 0.737. The summed E-state index contributed by atoms with van der Waals surface area (Å²) in [5.74, 6) is 0.915. The Morgan fingerprint density at radius 1 is 1.37 bits per heavy atom. The topological polar surface area (TPSA) is 85.8 Å². The molecule has 3 amide bonds. The standard InChI is InChI=1S/C19H31N5O2.HI/c1-3-20-17(21-11-8-14-6-4-5-7-14)24-12-9-15(10-13-24)19(2)16(25)22-18(26)23-19;/h6,15H,3-5,7-13H2,1-2H3,(H,20,21)(H2,22,23,25,26);1H. The molecule has 0 aromatic heterocycles. The zero-order valence-electron chi connectivity index (χ0n) is 16.3. The first-order valence-electron chi connectivity index (χ1n) is 9.87. The number of nitrogens with zero attached hydrogens (tertiary/aromatic N) is 2. The highest BCUT2D eigenvalue weighted by Crippen LogP contribution is 2.30. The van der Waals surface area contributed by atoms with Crippen molar-refractivity contribution in [3.05, 3.63) is 11.6 Å². The number of hydrogen-bond donors (Lipinski definition) is 3. The third kappa shape index (κ3) is 5.14. The first-order valence-corrected chi connectivity index (χ1v) is 9.87. The molecule has 0 aromatic rings. The van der Waals surface area contributed by atoms with E-state index in [1.54, 1.807) is 5.57 Å². The minimum absolute atomic E-state index is 0. The summed E-state index contributed by atoms with van der Waals surface area (Å²) in [5, 5.41) is 8.58. The average Bonchev–Trinajstić information content (AvgIpc) is 3.23. The molecule has 152 valence electrons. The fourth-order valence-corrected chi connectivity index (χ4v) is 4.21. The number of carbonyl (C=O) groups excluding carboxylic acids is 2. The van der Waals surface area contributed by atoms with E-state index in [1.165, 1.54) is 19.3 Å². The van der Waals surface area contributed by atoms with E-state index >= 15 is 0 Å². The number of allylic oxidation sites excluding steroid dienone is 1. The van der Waals surface area contributed by atoms with Crippen LogP contribution >= 0.6 is 24.0 Å². The molecule has 7 nitrogen and oxygen atoms in total. The smallest absolute Gasteiger partial charge is 0.322 e. The van der Waals surface area contributed by atoms with E-state index in [2.05, 4.69) is 33.9 Å². The largest absolute Gasteiger partial charge is 0.357 e. The zero-order valence-corrected chi connectivity index (χ0v) is 18.7. The van der Waals surface area contributed by atoms with Gasteiger partial charge in [0, 0.05) is 26.2 Å². The van der Waals surface area contributed by atoms with Crippen molar-refractivity contribution in [3.8, 4) is 0 Å². The molecule has 0 spiro atoms. The second-order valence-electron chi connectivity index (χ2n) is 7.61. The van der Waals surface area contributed by atoms with Gasteiger partial charge in [-0.3, -0.25) is 15.1 Å². The fourth-order valence-electron chi connectivity index (χ4n) is 4.21. The number of piperidine rings is 1. The third-order valence-corrected chi connectivity index (χ3v) is 5.85. The molecule has 27 heavy (non-hydrogen) atoms. The Morgan fingerprint density at radius 3 is 2.67 bits per heavy atom. The SMILES string of the molecule is CCNC(=NCCC1=CCCC1)N1CCC(C2(C)NC(=O)NC2=O)CC1.I. The summed E-state index contributed by atoms with van der Waals surface area (Å²) in [6.45, 7) is 7.28. The molecule has 8 heteroatoms. The second kappa shape index (κ2) is 9.75. The highest BCUT2D eigenvalue weighted by Gasteiger charge is 2.48. The van der Waals surface area contributed by atoms with Crippen molar-refractivity contribution < 1.29 is 9.59 Å². The molecular weight excluding hydrogens is 457 g/mol. The van der Waals surface area contributed by atoms with Crippen LogP contribution in [-0.2, 0) is 4.79 Å². The number of rotatable bonds is 5. The van der Waals surface area contributed by atoms with E-state index in [1.807, 2.05) is 6.92 Å². The first kappa shape index (κ1) is 22.0. The summed E-state index contributed by atoms with van der Waals surface area (Å²) in [6, 6.07) is -0.379. The quantitative estimate of drug-likeness (QED) is 0.182. The summed E-state index contributed by atoms with van der Waals surface area (Å²) in [6.07, 6.45) is 8.86. The first-order chi connectivity index (χ1) is 12.5. The molecule has 0 saturated carbocycles. The second-order valence-corrected chi connectivity index (χ2v) is 7.61. The molecule has 3 rings (SSSR count). The molecule has 2 saturated heterocycles. The lowest BCUT2D eigenvalue weighted by atomic mass is 9.79. The van der Waals surface area contributed by atoms with Gasteiger partial charge in [-0.2, -0.15) is 0 Å². The number of hydrogen-bond acceptors (Lipinski definition) is 3. The van der Waals surface area contributed by atoms with Crippen molar-refractivity contribution in [2.75, 3.05) is 26.2 Å². The van der Waals surface area contributed by atoms with Crippen LogP contribution in [0.4, 0.5) is 4.79 Å². The van der Waals surface area contributed by atoms with Gasteiger partial charge < -0.3 is 15.5 Å². The van der Waals surface area contributed by atoms with E-state index in [4.69, 9.17) is 4.99 Å². The molecule has 0 radical (unpaired) electrons. The lowest BCUT2D eigenvalue weighted by molar-refractivity contribution is -0.125. The Balaban J connectivity index is 0.00000261. The predicted molar refractivity (Wildman–Crippen MR) is 117 cm³/mol. The van der Waals surface area contributed by atoms with Gasteiger partial charge in [0.15, 0.2) is 5.96 Å². The number of nitrogens with one attached hydrogen (secondary N) is 3. The maximum absolute atomic E-state index is 12.1.